The summed E-state index contributed by atoms with van der Waals surface area (Å²) in [7, 11) is 0. The second-order valence-electron chi connectivity index (χ2n) is 16.8. The van der Waals surface area contributed by atoms with Crippen molar-refractivity contribution in [3.05, 3.63) is 0 Å². The Morgan fingerprint density at radius 3 is 1.08 bits per heavy atom. The van der Waals surface area contributed by atoms with E-state index in [0.717, 1.165) is 69.6 Å². The van der Waals surface area contributed by atoms with E-state index in [1.54, 1.807) is 0 Å². The average molecular weight is 751 g/mol. The van der Waals surface area contributed by atoms with Crippen molar-refractivity contribution >= 4 is 17.9 Å². The fourth-order valence-corrected chi connectivity index (χ4v) is 6.90. The maximum atomic E-state index is 12.7. The summed E-state index contributed by atoms with van der Waals surface area (Å²) < 4.78 is 16.7. The molecule has 0 N–H and O–H groups in total. The predicted molar refractivity (Wildman–Crippen MR) is 224 cm³/mol. The Morgan fingerprint density at radius 2 is 0.717 bits per heavy atom. The Kier molecular flexibility index (Phi) is 38.9. The van der Waals surface area contributed by atoms with E-state index < -0.39 is 6.10 Å². The first-order valence-electron chi connectivity index (χ1n) is 23.3. The third-order valence-electron chi connectivity index (χ3n) is 10.8. The number of hydrogen-bond acceptors (Lipinski definition) is 6. The van der Waals surface area contributed by atoms with Crippen molar-refractivity contribution in [3.8, 4) is 0 Å². The second-order valence-corrected chi connectivity index (χ2v) is 16.8. The van der Waals surface area contributed by atoms with E-state index >= 15 is 0 Å². The largest absolute Gasteiger partial charge is 0.462 e. The Balaban J connectivity index is 4.30. The van der Waals surface area contributed by atoms with Gasteiger partial charge in [-0.25, -0.2) is 0 Å². The molecule has 0 amide bonds. The molecule has 6 heteroatoms. The average Bonchev–Trinajstić information content (AvgIpc) is 3.14. The van der Waals surface area contributed by atoms with Crippen LogP contribution in [0.5, 0.6) is 0 Å². The number of carbonyl (C=O) groups excluding carboxylic acids is 3. The van der Waals surface area contributed by atoms with Crippen molar-refractivity contribution in [1.82, 2.24) is 0 Å². The molecule has 0 heterocycles. The van der Waals surface area contributed by atoms with E-state index in [1.807, 2.05) is 0 Å². The van der Waals surface area contributed by atoms with Crippen LogP contribution in [-0.2, 0) is 28.6 Å². The zero-order valence-electron chi connectivity index (χ0n) is 36.1. The molecule has 0 fully saturated rings. The van der Waals surface area contributed by atoms with Crippen LogP contribution in [0.3, 0.4) is 0 Å². The molecule has 0 bridgehead atoms. The van der Waals surface area contributed by atoms with Crippen LogP contribution in [0.25, 0.3) is 0 Å². The molecule has 0 radical (unpaired) electrons. The van der Waals surface area contributed by atoms with Crippen molar-refractivity contribution in [2.45, 2.75) is 259 Å². The molecule has 1 unspecified atom stereocenters. The number of esters is 3. The Bertz CT molecular complexity index is 811. The summed E-state index contributed by atoms with van der Waals surface area (Å²) in [6, 6.07) is 0. The molecule has 314 valence electrons. The van der Waals surface area contributed by atoms with E-state index in [4.69, 9.17) is 14.2 Å². The summed E-state index contributed by atoms with van der Waals surface area (Å²) in [6.07, 6.45) is 38.0. The smallest absolute Gasteiger partial charge is 0.306 e. The van der Waals surface area contributed by atoms with Gasteiger partial charge in [0.15, 0.2) is 6.10 Å². The van der Waals surface area contributed by atoms with E-state index in [2.05, 4.69) is 34.6 Å². The molecule has 0 aromatic rings. The maximum Gasteiger partial charge on any atom is 0.306 e. The van der Waals surface area contributed by atoms with Gasteiger partial charge in [-0.2, -0.15) is 0 Å². The molecule has 0 aliphatic heterocycles. The summed E-state index contributed by atoms with van der Waals surface area (Å²) >= 11 is 0. The van der Waals surface area contributed by atoms with Crippen molar-refractivity contribution < 1.29 is 28.6 Å². The minimum atomic E-state index is -0.760. The van der Waals surface area contributed by atoms with Crippen LogP contribution in [0.2, 0.25) is 0 Å². The highest BCUT2D eigenvalue weighted by Crippen LogP contribution is 2.17. The third-order valence-corrected chi connectivity index (χ3v) is 10.8. The third kappa shape index (κ3) is 39.9. The lowest BCUT2D eigenvalue weighted by Crippen LogP contribution is -2.30. The molecule has 0 saturated carbocycles. The van der Waals surface area contributed by atoms with Crippen molar-refractivity contribution in [2.75, 3.05) is 13.2 Å². The minimum Gasteiger partial charge on any atom is -0.462 e. The fraction of sp³-hybridized carbons (Fsp3) is 0.936. The van der Waals surface area contributed by atoms with Crippen LogP contribution >= 0.6 is 0 Å². The van der Waals surface area contributed by atoms with Crippen molar-refractivity contribution in [2.24, 2.45) is 11.8 Å². The van der Waals surface area contributed by atoms with E-state index in [1.165, 1.54) is 141 Å². The normalized spacial score (nSPS) is 12.6. The molecule has 0 saturated heterocycles. The van der Waals surface area contributed by atoms with Gasteiger partial charge in [-0.1, -0.05) is 214 Å². The molecule has 2 atom stereocenters. The first-order valence-corrected chi connectivity index (χ1v) is 23.3. The van der Waals surface area contributed by atoms with E-state index in [-0.39, 0.29) is 31.1 Å². The predicted octanol–water partition coefficient (Wildman–Crippen LogP) is 14.6. The van der Waals surface area contributed by atoms with E-state index in [0.29, 0.717) is 19.3 Å². The Hall–Kier alpha value is -1.59. The SMILES string of the molecule is CCCCCCCCCCCCC(=O)OC[C@H](COC(=O)CCCCCCCCCCCCCCC(C)C)OC(=O)CCCCCCCCC(C)CC. The quantitative estimate of drug-likeness (QED) is 0.0352. The number of carbonyl (C=O) groups is 3. The van der Waals surface area contributed by atoms with Crippen molar-refractivity contribution in [1.29, 1.82) is 0 Å². The highest BCUT2D eigenvalue weighted by Gasteiger charge is 2.19. The molecule has 0 aromatic carbocycles. The van der Waals surface area contributed by atoms with Crippen LogP contribution in [0.15, 0.2) is 0 Å². The molecular weight excluding hydrogens is 661 g/mol. The lowest BCUT2D eigenvalue weighted by Gasteiger charge is -2.18. The lowest BCUT2D eigenvalue weighted by atomic mass is 10.00. The van der Waals surface area contributed by atoms with Gasteiger partial charge in [0.05, 0.1) is 0 Å². The van der Waals surface area contributed by atoms with Gasteiger partial charge in [0, 0.05) is 19.3 Å². The topological polar surface area (TPSA) is 78.9 Å². The van der Waals surface area contributed by atoms with Crippen LogP contribution in [0.1, 0.15) is 253 Å². The highest BCUT2D eigenvalue weighted by atomic mass is 16.6. The summed E-state index contributed by atoms with van der Waals surface area (Å²) in [5, 5.41) is 0. The summed E-state index contributed by atoms with van der Waals surface area (Å²) in [5.74, 6) is 0.784. The molecule has 0 aliphatic rings. The molecule has 0 aliphatic carbocycles. The van der Waals surface area contributed by atoms with Gasteiger partial charge < -0.3 is 14.2 Å². The van der Waals surface area contributed by atoms with Gasteiger partial charge in [0.25, 0.3) is 0 Å². The number of unbranched alkanes of at least 4 members (excludes halogenated alkanes) is 25. The van der Waals surface area contributed by atoms with Crippen LogP contribution in [-0.4, -0.2) is 37.2 Å². The van der Waals surface area contributed by atoms with Crippen molar-refractivity contribution in [3.63, 3.8) is 0 Å². The van der Waals surface area contributed by atoms with Gasteiger partial charge in [0.2, 0.25) is 0 Å². The molecular formula is C47H90O6. The summed E-state index contributed by atoms with van der Waals surface area (Å²) in [6.45, 7) is 11.3. The molecule has 0 aromatic heterocycles. The molecule has 53 heavy (non-hydrogen) atoms. The van der Waals surface area contributed by atoms with Gasteiger partial charge in [0.1, 0.15) is 13.2 Å². The van der Waals surface area contributed by atoms with Gasteiger partial charge in [-0.3, -0.25) is 14.4 Å². The second kappa shape index (κ2) is 40.1. The Labute approximate surface area is 329 Å². The minimum absolute atomic E-state index is 0.0655. The van der Waals surface area contributed by atoms with E-state index in [9.17, 15) is 14.4 Å². The van der Waals surface area contributed by atoms with Gasteiger partial charge in [-0.15, -0.1) is 0 Å². The maximum absolute atomic E-state index is 12.7. The fourth-order valence-electron chi connectivity index (χ4n) is 6.90. The van der Waals surface area contributed by atoms with Gasteiger partial charge in [-0.05, 0) is 31.1 Å². The first-order chi connectivity index (χ1) is 25.8. The Morgan fingerprint density at radius 1 is 0.396 bits per heavy atom. The highest BCUT2D eigenvalue weighted by molar-refractivity contribution is 5.71. The monoisotopic (exact) mass is 751 g/mol. The first kappa shape index (κ1) is 51.4. The zero-order valence-corrected chi connectivity index (χ0v) is 36.1. The standard InChI is InChI=1S/C47H90O6/c1-6-8-9-10-11-12-18-21-27-32-37-45(48)51-40-44(53-47(50)39-34-29-24-23-26-31-36-43(5)7-2)41-52-46(49)38-33-28-22-19-16-14-13-15-17-20-25-30-35-42(3)4/h42-44H,6-41H2,1-5H3/t43?,44-/m1/s1. The number of rotatable bonds is 41. The summed E-state index contributed by atoms with van der Waals surface area (Å²) in [5.41, 5.74) is 0. The number of hydrogen-bond donors (Lipinski definition) is 0. The molecule has 0 spiro atoms. The van der Waals surface area contributed by atoms with Gasteiger partial charge >= 0.3 is 17.9 Å². The zero-order chi connectivity index (χ0) is 39.0. The lowest BCUT2D eigenvalue weighted by molar-refractivity contribution is -0.167. The molecule has 0 rings (SSSR count). The van der Waals surface area contributed by atoms with Crippen LogP contribution < -0.4 is 0 Å². The summed E-state index contributed by atoms with van der Waals surface area (Å²) in [4.78, 5) is 37.7. The van der Waals surface area contributed by atoms with Crippen LogP contribution in [0.4, 0.5) is 0 Å². The number of ether oxygens (including phenoxy) is 3. The molecule has 6 nitrogen and oxygen atoms in total. The van der Waals surface area contributed by atoms with Crippen LogP contribution in [0, 0.1) is 11.8 Å².